The molecule has 0 unspecified atom stereocenters. The molecule has 0 aliphatic heterocycles. The van der Waals surface area contributed by atoms with E-state index in [9.17, 15) is 4.79 Å². The first kappa shape index (κ1) is 18.9. The lowest BCUT2D eigenvalue weighted by Crippen LogP contribution is -2.31. The van der Waals surface area contributed by atoms with Crippen molar-refractivity contribution in [1.82, 2.24) is 5.32 Å². The number of amides is 1. The van der Waals surface area contributed by atoms with Gasteiger partial charge in [-0.3, -0.25) is 4.79 Å². The molecule has 0 bridgehead atoms. The monoisotopic (exact) mass is 363 g/mol. The molecular formula is C19H22ClNO4. The van der Waals surface area contributed by atoms with Crippen molar-refractivity contribution in [3.05, 3.63) is 52.5 Å². The zero-order valence-electron chi connectivity index (χ0n) is 14.8. The molecule has 1 N–H and O–H groups in total. The molecule has 1 atom stereocenters. The van der Waals surface area contributed by atoms with E-state index < -0.39 is 0 Å². The minimum absolute atomic E-state index is 0.0707. The quantitative estimate of drug-likeness (QED) is 0.810. The fourth-order valence-corrected chi connectivity index (χ4v) is 2.46. The van der Waals surface area contributed by atoms with E-state index in [1.807, 2.05) is 32.0 Å². The van der Waals surface area contributed by atoms with E-state index >= 15 is 0 Å². The molecule has 2 rings (SSSR count). The van der Waals surface area contributed by atoms with Gasteiger partial charge in [-0.2, -0.15) is 0 Å². The molecule has 1 amide bonds. The summed E-state index contributed by atoms with van der Waals surface area (Å²) >= 11 is 5.97. The molecule has 0 aliphatic carbocycles. The van der Waals surface area contributed by atoms with E-state index in [0.29, 0.717) is 22.3 Å². The molecular weight excluding hydrogens is 342 g/mol. The van der Waals surface area contributed by atoms with Crippen LogP contribution in [0.1, 0.15) is 24.1 Å². The van der Waals surface area contributed by atoms with Gasteiger partial charge in [-0.25, -0.2) is 0 Å². The van der Waals surface area contributed by atoms with Crippen LogP contribution in [0.4, 0.5) is 0 Å². The average molecular weight is 364 g/mol. The van der Waals surface area contributed by atoms with Crippen LogP contribution in [0.3, 0.4) is 0 Å². The molecule has 0 saturated carbocycles. The Hall–Kier alpha value is -2.40. The molecule has 5 nitrogen and oxygen atoms in total. The van der Waals surface area contributed by atoms with Crippen molar-refractivity contribution in [2.45, 2.75) is 19.9 Å². The molecule has 0 aromatic heterocycles. The minimum Gasteiger partial charge on any atom is -0.493 e. The van der Waals surface area contributed by atoms with Crippen molar-refractivity contribution >= 4 is 17.5 Å². The van der Waals surface area contributed by atoms with Gasteiger partial charge in [0.1, 0.15) is 5.75 Å². The number of carbonyl (C=O) groups is 1. The second-order valence-electron chi connectivity index (χ2n) is 5.60. The molecule has 2 aromatic carbocycles. The number of ether oxygens (including phenoxy) is 3. The van der Waals surface area contributed by atoms with E-state index in [-0.39, 0.29) is 18.6 Å². The van der Waals surface area contributed by atoms with Crippen LogP contribution in [0.2, 0.25) is 5.02 Å². The molecule has 0 saturated heterocycles. The maximum absolute atomic E-state index is 12.1. The summed E-state index contributed by atoms with van der Waals surface area (Å²) in [5.41, 5.74) is 1.81. The van der Waals surface area contributed by atoms with Crippen LogP contribution < -0.4 is 19.5 Å². The first-order chi connectivity index (χ1) is 11.9. The van der Waals surface area contributed by atoms with Crippen molar-refractivity contribution in [2.24, 2.45) is 0 Å². The third kappa shape index (κ3) is 5.03. The Balaban J connectivity index is 1.94. The smallest absolute Gasteiger partial charge is 0.258 e. The number of rotatable bonds is 7. The zero-order valence-corrected chi connectivity index (χ0v) is 15.5. The van der Waals surface area contributed by atoms with Gasteiger partial charge < -0.3 is 19.5 Å². The molecule has 2 aromatic rings. The van der Waals surface area contributed by atoms with Gasteiger partial charge in [0.25, 0.3) is 5.91 Å². The molecule has 6 heteroatoms. The summed E-state index contributed by atoms with van der Waals surface area (Å²) in [6, 6.07) is 10.6. The highest BCUT2D eigenvalue weighted by Crippen LogP contribution is 2.29. The summed E-state index contributed by atoms with van der Waals surface area (Å²) in [4.78, 5) is 12.1. The van der Waals surface area contributed by atoms with E-state index in [0.717, 1.165) is 11.1 Å². The molecule has 0 fully saturated rings. The van der Waals surface area contributed by atoms with E-state index in [1.165, 1.54) is 0 Å². The number of halogens is 1. The normalized spacial score (nSPS) is 11.6. The Bertz CT molecular complexity index is 748. The van der Waals surface area contributed by atoms with Crippen molar-refractivity contribution in [2.75, 3.05) is 20.8 Å². The maximum atomic E-state index is 12.1. The van der Waals surface area contributed by atoms with Crippen LogP contribution in [0.5, 0.6) is 17.2 Å². The van der Waals surface area contributed by atoms with Gasteiger partial charge in [-0.15, -0.1) is 0 Å². The molecule has 0 heterocycles. The lowest BCUT2D eigenvalue weighted by molar-refractivity contribution is -0.123. The average Bonchev–Trinajstić information content (AvgIpc) is 2.62. The lowest BCUT2D eigenvalue weighted by Gasteiger charge is -2.17. The van der Waals surface area contributed by atoms with Crippen molar-refractivity contribution in [3.8, 4) is 17.2 Å². The molecule has 0 radical (unpaired) electrons. The summed E-state index contributed by atoms with van der Waals surface area (Å²) in [6.07, 6.45) is 0. The largest absolute Gasteiger partial charge is 0.493 e. The second-order valence-corrected chi connectivity index (χ2v) is 6.01. The lowest BCUT2D eigenvalue weighted by atomic mass is 10.1. The molecule has 0 spiro atoms. The maximum Gasteiger partial charge on any atom is 0.258 e. The van der Waals surface area contributed by atoms with Crippen molar-refractivity contribution in [1.29, 1.82) is 0 Å². The van der Waals surface area contributed by atoms with Crippen LogP contribution in [-0.2, 0) is 4.79 Å². The highest BCUT2D eigenvalue weighted by atomic mass is 35.5. The van der Waals surface area contributed by atoms with Gasteiger partial charge in [-0.1, -0.05) is 17.7 Å². The number of carbonyl (C=O) groups excluding carboxylic acids is 1. The van der Waals surface area contributed by atoms with Gasteiger partial charge in [0.2, 0.25) is 0 Å². The summed E-state index contributed by atoms with van der Waals surface area (Å²) in [5, 5.41) is 3.56. The summed E-state index contributed by atoms with van der Waals surface area (Å²) in [5.74, 6) is 1.66. The van der Waals surface area contributed by atoms with Crippen LogP contribution in [-0.4, -0.2) is 26.7 Å². The second kappa shape index (κ2) is 8.62. The first-order valence-corrected chi connectivity index (χ1v) is 8.22. The predicted octanol–water partition coefficient (Wildman–Crippen LogP) is 3.92. The Morgan fingerprint density at radius 1 is 1.12 bits per heavy atom. The zero-order chi connectivity index (χ0) is 18.4. The third-order valence-electron chi connectivity index (χ3n) is 3.78. The Morgan fingerprint density at radius 2 is 1.84 bits per heavy atom. The number of benzene rings is 2. The highest BCUT2D eigenvalue weighted by Gasteiger charge is 2.13. The van der Waals surface area contributed by atoms with Gasteiger partial charge in [0.05, 0.1) is 20.3 Å². The van der Waals surface area contributed by atoms with Gasteiger partial charge in [-0.05, 0) is 55.3 Å². The standard InChI is InChI=1S/C19H22ClNO4/c1-12-9-15(6-7-16(12)20)25-11-19(22)21-13(2)14-5-8-17(23-3)18(10-14)24-4/h5-10,13H,11H2,1-4H3,(H,21,22)/t13-/m1/s1. The number of hydrogen-bond acceptors (Lipinski definition) is 4. The minimum atomic E-state index is -0.213. The van der Waals surface area contributed by atoms with Gasteiger partial charge in [0, 0.05) is 5.02 Å². The predicted molar refractivity (Wildman–Crippen MR) is 97.8 cm³/mol. The number of methoxy groups -OCH3 is 2. The number of hydrogen-bond donors (Lipinski definition) is 1. The summed E-state index contributed by atoms with van der Waals surface area (Å²) < 4.78 is 16.0. The van der Waals surface area contributed by atoms with E-state index in [4.69, 9.17) is 25.8 Å². The van der Waals surface area contributed by atoms with Crippen LogP contribution >= 0.6 is 11.6 Å². The fourth-order valence-electron chi connectivity index (χ4n) is 2.34. The first-order valence-electron chi connectivity index (χ1n) is 7.84. The topological polar surface area (TPSA) is 56.8 Å². The van der Waals surface area contributed by atoms with Gasteiger partial charge in [0.15, 0.2) is 18.1 Å². The number of aryl methyl sites for hydroxylation is 1. The fraction of sp³-hybridized carbons (Fsp3) is 0.316. The molecule has 25 heavy (non-hydrogen) atoms. The molecule has 134 valence electrons. The van der Waals surface area contributed by atoms with Crippen molar-refractivity contribution in [3.63, 3.8) is 0 Å². The summed E-state index contributed by atoms with van der Waals surface area (Å²) in [6.45, 7) is 3.71. The van der Waals surface area contributed by atoms with Crippen LogP contribution in [0.15, 0.2) is 36.4 Å². The third-order valence-corrected chi connectivity index (χ3v) is 4.21. The molecule has 0 aliphatic rings. The summed E-state index contributed by atoms with van der Waals surface area (Å²) in [7, 11) is 3.16. The van der Waals surface area contributed by atoms with Gasteiger partial charge >= 0.3 is 0 Å². The van der Waals surface area contributed by atoms with Crippen molar-refractivity contribution < 1.29 is 19.0 Å². The van der Waals surface area contributed by atoms with Crippen LogP contribution in [0.25, 0.3) is 0 Å². The van der Waals surface area contributed by atoms with E-state index in [2.05, 4.69) is 5.32 Å². The highest BCUT2D eigenvalue weighted by molar-refractivity contribution is 6.31. The Morgan fingerprint density at radius 3 is 2.48 bits per heavy atom. The number of nitrogens with one attached hydrogen (secondary N) is 1. The Kier molecular flexibility index (Phi) is 6.53. The Labute approximate surface area is 152 Å². The van der Waals surface area contributed by atoms with Crippen LogP contribution in [0, 0.1) is 6.92 Å². The SMILES string of the molecule is COc1ccc([C@@H](C)NC(=O)COc2ccc(Cl)c(C)c2)cc1OC. The van der Waals surface area contributed by atoms with E-state index in [1.54, 1.807) is 32.4 Å².